The fourth-order valence-electron chi connectivity index (χ4n) is 0.878. The van der Waals surface area contributed by atoms with Gasteiger partial charge in [-0.1, -0.05) is 19.0 Å². The van der Waals surface area contributed by atoms with Crippen LogP contribution in [0, 0.1) is 0 Å². The number of thioether (sulfide) groups is 1. The van der Waals surface area contributed by atoms with Crippen molar-refractivity contribution in [3.05, 3.63) is 17.8 Å². The van der Waals surface area contributed by atoms with Gasteiger partial charge in [0.05, 0.1) is 11.8 Å². The van der Waals surface area contributed by atoms with Gasteiger partial charge in [0, 0.05) is 5.25 Å². The van der Waals surface area contributed by atoms with Crippen LogP contribution in [0.15, 0.2) is 22.4 Å². The molecule has 0 saturated carbocycles. The van der Waals surface area contributed by atoms with Gasteiger partial charge in [-0.25, -0.2) is 0 Å². The fourth-order valence-corrected chi connectivity index (χ4v) is 1.72. The van der Waals surface area contributed by atoms with Crippen molar-refractivity contribution in [2.75, 3.05) is 0 Å². The van der Waals surface area contributed by atoms with Crippen LogP contribution >= 0.6 is 11.8 Å². The number of amidine groups is 1. The third-order valence-electron chi connectivity index (χ3n) is 1.42. The molecule has 1 aromatic heterocycles. The zero-order valence-corrected chi connectivity index (χ0v) is 8.82. The average molecular weight is 212 g/mol. The Labute approximate surface area is 86.4 Å². The number of nitrogens with zero attached hydrogens (tertiary/aromatic N) is 3. The first-order chi connectivity index (χ1) is 6.65. The predicted molar refractivity (Wildman–Crippen MR) is 55.5 cm³/mol. The van der Waals surface area contributed by atoms with Crippen LogP contribution in [0.3, 0.4) is 0 Å². The van der Waals surface area contributed by atoms with Gasteiger partial charge in [-0.2, -0.15) is 5.10 Å². The van der Waals surface area contributed by atoms with Crippen LogP contribution in [-0.4, -0.2) is 26.5 Å². The van der Waals surface area contributed by atoms with E-state index in [1.54, 1.807) is 6.07 Å². The SMILES string of the molecule is CC(C)Sc1nnccc1/C(N)=N/O. The molecular formula is C8H12N4OS. The molecule has 0 spiro atoms. The van der Waals surface area contributed by atoms with Crippen molar-refractivity contribution in [3.63, 3.8) is 0 Å². The number of rotatable bonds is 3. The highest BCUT2D eigenvalue weighted by atomic mass is 32.2. The molecule has 0 amide bonds. The van der Waals surface area contributed by atoms with E-state index in [0.29, 0.717) is 15.8 Å². The first-order valence-corrected chi connectivity index (χ1v) is 4.99. The van der Waals surface area contributed by atoms with Crippen LogP contribution in [0.5, 0.6) is 0 Å². The Hall–Kier alpha value is -1.30. The Balaban J connectivity index is 3.03. The van der Waals surface area contributed by atoms with Gasteiger partial charge in [0.25, 0.3) is 0 Å². The molecule has 3 N–H and O–H groups in total. The van der Waals surface area contributed by atoms with Crippen molar-refractivity contribution in [2.45, 2.75) is 24.1 Å². The quantitative estimate of drug-likeness (QED) is 0.257. The van der Waals surface area contributed by atoms with Crippen molar-refractivity contribution >= 4 is 17.6 Å². The summed E-state index contributed by atoms with van der Waals surface area (Å²) in [5.41, 5.74) is 6.10. The van der Waals surface area contributed by atoms with Gasteiger partial charge in [0.1, 0.15) is 5.03 Å². The third kappa shape index (κ3) is 2.59. The maximum atomic E-state index is 8.55. The molecule has 0 bridgehead atoms. The van der Waals surface area contributed by atoms with Crippen LogP contribution in [-0.2, 0) is 0 Å². The van der Waals surface area contributed by atoms with Crippen molar-refractivity contribution < 1.29 is 5.21 Å². The molecule has 0 aliphatic rings. The minimum atomic E-state index is 0.0584. The Morgan fingerprint density at radius 2 is 2.36 bits per heavy atom. The molecule has 6 heteroatoms. The van der Waals surface area contributed by atoms with E-state index >= 15 is 0 Å². The van der Waals surface area contributed by atoms with Gasteiger partial charge in [-0.05, 0) is 6.07 Å². The van der Waals surface area contributed by atoms with E-state index in [1.165, 1.54) is 18.0 Å². The molecule has 14 heavy (non-hydrogen) atoms. The smallest absolute Gasteiger partial charge is 0.172 e. The van der Waals surface area contributed by atoms with E-state index in [0.717, 1.165) is 0 Å². The highest BCUT2D eigenvalue weighted by Gasteiger charge is 2.10. The monoisotopic (exact) mass is 212 g/mol. The Bertz CT molecular complexity index is 340. The molecule has 1 aromatic rings. The van der Waals surface area contributed by atoms with Gasteiger partial charge in [0.2, 0.25) is 0 Å². The summed E-state index contributed by atoms with van der Waals surface area (Å²) in [7, 11) is 0. The van der Waals surface area contributed by atoms with Crippen molar-refractivity contribution in [3.8, 4) is 0 Å². The van der Waals surface area contributed by atoms with Crippen LogP contribution in [0.2, 0.25) is 0 Å². The van der Waals surface area contributed by atoms with Gasteiger partial charge in [-0.3, -0.25) is 0 Å². The second-order valence-corrected chi connectivity index (χ2v) is 4.47. The summed E-state index contributed by atoms with van der Waals surface area (Å²) in [5, 5.41) is 20.2. The summed E-state index contributed by atoms with van der Waals surface area (Å²) < 4.78 is 0. The maximum absolute atomic E-state index is 8.55. The van der Waals surface area contributed by atoms with E-state index in [9.17, 15) is 0 Å². The standard InChI is InChI=1S/C8H12N4OS/c1-5(2)14-8-6(7(9)12-13)3-4-10-11-8/h3-5,13H,1-2H3,(H2,9,12). The molecule has 0 unspecified atom stereocenters. The highest BCUT2D eigenvalue weighted by Crippen LogP contribution is 2.23. The lowest BCUT2D eigenvalue weighted by atomic mass is 10.3. The van der Waals surface area contributed by atoms with Crippen molar-refractivity contribution in [2.24, 2.45) is 10.9 Å². The fraction of sp³-hybridized carbons (Fsp3) is 0.375. The van der Waals surface area contributed by atoms with Gasteiger partial charge >= 0.3 is 0 Å². The molecule has 0 atom stereocenters. The Morgan fingerprint density at radius 1 is 1.64 bits per heavy atom. The highest BCUT2D eigenvalue weighted by molar-refractivity contribution is 7.99. The van der Waals surface area contributed by atoms with Crippen LogP contribution in [0.4, 0.5) is 0 Å². The molecule has 0 radical (unpaired) electrons. The van der Waals surface area contributed by atoms with Gasteiger partial charge < -0.3 is 10.9 Å². The van der Waals surface area contributed by atoms with Gasteiger partial charge in [0.15, 0.2) is 5.84 Å². The van der Waals surface area contributed by atoms with Crippen LogP contribution in [0.1, 0.15) is 19.4 Å². The number of hydrogen-bond acceptors (Lipinski definition) is 5. The average Bonchev–Trinajstić information content (AvgIpc) is 2.16. The summed E-state index contributed by atoms with van der Waals surface area (Å²) in [6, 6.07) is 1.67. The number of aromatic nitrogens is 2. The van der Waals surface area contributed by atoms with E-state index in [1.807, 2.05) is 13.8 Å². The van der Waals surface area contributed by atoms with E-state index in [2.05, 4.69) is 15.4 Å². The molecule has 0 aliphatic carbocycles. The van der Waals surface area contributed by atoms with E-state index in [4.69, 9.17) is 10.9 Å². The summed E-state index contributed by atoms with van der Waals surface area (Å²) in [6.07, 6.45) is 1.51. The molecule has 5 nitrogen and oxygen atoms in total. The lowest BCUT2D eigenvalue weighted by Crippen LogP contribution is -2.15. The second kappa shape index (κ2) is 4.80. The molecule has 0 fully saturated rings. The number of oxime groups is 1. The lowest BCUT2D eigenvalue weighted by molar-refractivity contribution is 0.318. The predicted octanol–water partition coefficient (Wildman–Crippen LogP) is 1.07. The van der Waals surface area contributed by atoms with Crippen LogP contribution in [0.25, 0.3) is 0 Å². The largest absolute Gasteiger partial charge is 0.409 e. The number of nitrogens with two attached hydrogens (primary N) is 1. The zero-order valence-electron chi connectivity index (χ0n) is 8.01. The minimum absolute atomic E-state index is 0.0584. The second-order valence-electron chi connectivity index (χ2n) is 2.90. The van der Waals surface area contributed by atoms with Crippen molar-refractivity contribution in [1.82, 2.24) is 10.2 Å². The molecule has 0 saturated heterocycles. The summed E-state index contributed by atoms with van der Waals surface area (Å²) in [4.78, 5) is 0. The molecule has 1 heterocycles. The van der Waals surface area contributed by atoms with Gasteiger partial charge in [-0.15, -0.1) is 16.9 Å². The van der Waals surface area contributed by atoms with Crippen LogP contribution < -0.4 is 5.73 Å². The first-order valence-electron chi connectivity index (χ1n) is 4.11. The summed E-state index contributed by atoms with van der Waals surface area (Å²) in [5.74, 6) is 0.0584. The Morgan fingerprint density at radius 3 is 2.93 bits per heavy atom. The maximum Gasteiger partial charge on any atom is 0.172 e. The topological polar surface area (TPSA) is 84.4 Å². The Kier molecular flexibility index (Phi) is 3.70. The van der Waals surface area contributed by atoms with Crippen molar-refractivity contribution in [1.29, 1.82) is 0 Å². The molecule has 0 aromatic carbocycles. The summed E-state index contributed by atoms with van der Waals surface area (Å²) >= 11 is 1.52. The van der Waals surface area contributed by atoms with E-state index in [-0.39, 0.29) is 5.84 Å². The number of hydrogen-bond donors (Lipinski definition) is 2. The molecule has 76 valence electrons. The minimum Gasteiger partial charge on any atom is -0.409 e. The first kappa shape index (κ1) is 10.8. The summed E-state index contributed by atoms with van der Waals surface area (Å²) in [6.45, 7) is 4.07. The third-order valence-corrected chi connectivity index (χ3v) is 2.41. The molecule has 0 aliphatic heterocycles. The molecular weight excluding hydrogens is 200 g/mol. The molecule has 1 rings (SSSR count). The normalized spacial score (nSPS) is 12.1. The van der Waals surface area contributed by atoms with E-state index < -0.39 is 0 Å². The zero-order chi connectivity index (χ0) is 10.6. The lowest BCUT2D eigenvalue weighted by Gasteiger charge is -2.07.